The molecule has 0 aliphatic rings. The van der Waals surface area contributed by atoms with Gasteiger partial charge >= 0.3 is 0 Å². The number of hydrogen-bond acceptors (Lipinski definition) is 2. The second-order valence-corrected chi connectivity index (χ2v) is 5.23. The molecular weight excluding hydrogens is 188 g/mol. The van der Waals surface area contributed by atoms with Gasteiger partial charge in [-0.05, 0) is 16.8 Å². The van der Waals surface area contributed by atoms with Crippen molar-refractivity contribution in [2.45, 2.75) is 12.7 Å². The molecule has 3 heteroatoms. The highest BCUT2D eigenvalue weighted by Crippen LogP contribution is 2.03. The van der Waals surface area contributed by atoms with Crippen LogP contribution in [0.4, 0.5) is 0 Å². The molecule has 0 N–H and O–H groups in total. The topological polar surface area (TPSA) is 17.1 Å². The summed E-state index contributed by atoms with van der Waals surface area (Å²) in [6, 6.07) is 9.87. The third-order valence-corrected chi connectivity index (χ3v) is 3.76. The molecule has 1 aromatic carbocycles. The average Bonchev–Trinajstić information content (AvgIpc) is 2.06. The molecule has 1 aromatic rings. The molecule has 1 rings (SSSR count). The summed E-state index contributed by atoms with van der Waals surface area (Å²) in [5.41, 5.74) is 1.14. The molecule has 64 valence electrons. The maximum Gasteiger partial charge on any atom is 0.190 e. The largest absolute Gasteiger partial charge is 0.287 e. The second kappa shape index (κ2) is 4.48. The SMILES string of the molecule is CC(=O)S(=S)Cc1ccccc1. The average molecular weight is 198 g/mol. The van der Waals surface area contributed by atoms with E-state index in [9.17, 15) is 4.79 Å². The Bertz CT molecular complexity index is 293. The summed E-state index contributed by atoms with van der Waals surface area (Å²) in [6.45, 7) is 1.55. The molecule has 0 radical (unpaired) electrons. The third-order valence-electron chi connectivity index (χ3n) is 1.46. The van der Waals surface area contributed by atoms with Crippen LogP contribution < -0.4 is 0 Å². The fourth-order valence-electron chi connectivity index (χ4n) is 0.827. The quantitative estimate of drug-likeness (QED) is 0.721. The first-order chi connectivity index (χ1) is 5.70. The van der Waals surface area contributed by atoms with E-state index in [1.807, 2.05) is 30.3 Å². The lowest BCUT2D eigenvalue weighted by Crippen LogP contribution is -2.02. The number of rotatable bonds is 2. The Morgan fingerprint density at radius 2 is 2.00 bits per heavy atom. The van der Waals surface area contributed by atoms with Crippen molar-refractivity contribution in [3.05, 3.63) is 35.9 Å². The maximum atomic E-state index is 10.9. The van der Waals surface area contributed by atoms with E-state index in [0.717, 1.165) is 5.56 Å². The molecule has 12 heavy (non-hydrogen) atoms. The van der Waals surface area contributed by atoms with Gasteiger partial charge in [-0.15, -0.1) is 0 Å². The summed E-state index contributed by atoms with van der Waals surface area (Å²) in [4.78, 5) is 10.9. The van der Waals surface area contributed by atoms with E-state index in [4.69, 9.17) is 11.2 Å². The standard InChI is InChI=1S/C9H10OS2/c1-8(10)12(11)7-9-5-3-2-4-6-9/h2-6H,7H2,1H3. The van der Waals surface area contributed by atoms with Gasteiger partial charge in [0.05, 0.1) is 0 Å². The van der Waals surface area contributed by atoms with Crippen molar-refractivity contribution in [2.75, 3.05) is 0 Å². The van der Waals surface area contributed by atoms with Gasteiger partial charge in [-0.1, -0.05) is 39.8 Å². The molecular formula is C9H10OS2. The number of hydrogen-bond donors (Lipinski definition) is 0. The molecule has 0 aromatic heterocycles. The van der Waals surface area contributed by atoms with E-state index >= 15 is 0 Å². The monoisotopic (exact) mass is 198 g/mol. The predicted octanol–water partition coefficient (Wildman–Crippen LogP) is 1.81. The van der Waals surface area contributed by atoms with Crippen LogP contribution in [-0.2, 0) is 31.2 Å². The lowest BCUT2D eigenvalue weighted by molar-refractivity contribution is -0.109. The first kappa shape index (κ1) is 9.55. The van der Waals surface area contributed by atoms with Gasteiger partial charge in [0.1, 0.15) is 0 Å². The third kappa shape index (κ3) is 2.83. The molecule has 0 bridgehead atoms. The van der Waals surface area contributed by atoms with Crippen molar-refractivity contribution < 1.29 is 4.79 Å². The van der Waals surface area contributed by atoms with E-state index in [-0.39, 0.29) is 5.12 Å². The highest BCUT2D eigenvalue weighted by atomic mass is 32.8. The van der Waals surface area contributed by atoms with Gasteiger partial charge in [0.2, 0.25) is 0 Å². The van der Waals surface area contributed by atoms with Crippen LogP contribution in [0, 0.1) is 0 Å². The minimum atomic E-state index is -0.528. The second-order valence-electron chi connectivity index (χ2n) is 2.47. The Labute approximate surface area is 79.4 Å². The van der Waals surface area contributed by atoms with Crippen LogP contribution in [0.3, 0.4) is 0 Å². The number of carbonyl (C=O) groups is 1. The molecule has 0 aliphatic heterocycles. The molecule has 1 nitrogen and oxygen atoms in total. The van der Waals surface area contributed by atoms with Gasteiger partial charge < -0.3 is 0 Å². The number of carbonyl (C=O) groups excluding carboxylic acids is 1. The van der Waals surface area contributed by atoms with E-state index in [0.29, 0.717) is 5.75 Å². The van der Waals surface area contributed by atoms with E-state index in [1.54, 1.807) is 6.92 Å². The summed E-state index contributed by atoms with van der Waals surface area (Å²) >= 11 is 5.02. The van der Waals surface area contributed by atoms with Crippen LogP contribution in [0.15, 0.2) is 30.3 Å². The first-order valence-corrected chi connectivity index (χ1v) is 5.95. The summed E-state index contributed by atoms with van der Waals surface area (Å²) in [5.74, 6) is 0.700. The fourth-order valence-corrected chi connectivity index (χ4v) is 1.93. The molecule has 0 heterocycles. The fraction of sp³-hybridized carbons (Fsp3) is 0.222. The van der Waals surface area contributed by atoms with Crippen LogP contribution in [0.25, 0.3) is 0 Å². The molecule has 0 aliphatic carbocycles. The van der Waals surface area contributed by atoms with Crippen LogP contribution in [0.1, 0.15) is 12.5 Å². The maximum absolute atomic E-state index is 10.9. The van der Waals surface area contributed by atoms with Gasteiger partial charge in [0.15, 0.2) is 5.12 Å². The predicted molar refractivity (Wildman–Crippen MR) is 55.6 cm³/mol. The van der Waals surface area contributed by atoms with Crippen LogP contribution in [-0.4, -0.2) is 5.12 Å². The van der Waals surface area contributed by atoms with Crippen molar-refractivity contribution in [1.29, 1.82) is 0 Å². The Kier molecular flexibility index (Phi) is 3.56. The van der Waals surface area contributed by atoms with Crippen molar-refractivity contribution in [2.24, 2.45) is 0 Å². The smallest absolute Gasteiger partial charge is 0.190 e. The highest BCUT2D eigenvalue weighted by molar-refractivity contribution is 8.36. The zero-order valence-corrected chi connectivity index (χ0v) is 8.45. The van der Waals surface area contributed by atoms with Gasteiger partial charge in [-0.25, -0.2) is 0 Å². The summed E-state index contributed by atoms with van der Waals surface area (Å²) < 4.78 is 0. The minimum absolute atomic E-state index is 0.105. The van der Waals surface area contributed by atoms with Crippen molar-refractivity contribution in [3.63, 3.8) is 0 Å². The minimum Gasteiger partial charge on any atom is -0.287 e. The Morgan fingerprint density at radius 1 is 1.42 bits per heavy atom. The Morgan fingerprint density at radius 3 is 2.50 bits per heavy atom. The zero-order valence-electron chi connectivity index (χ0n) is 6.82. The Hall–Kier alpha value is -0.540. The summed E-state index contributed by atoms with van der Waals surface area (Å²) in [5, 5.41) is 0.105. The molecule has 1 atom stereocenters. The molecule has 0 saturated carbocycles. The van der Waals surface area contributed by atoms with Crippen LogP contribution in [0.2, 0.25) is 0 Å². The zero-order chi connectivity index (χ0) is 8.97. The highest BCUT2D eigenvalue weighted by Gasteiger charge is 2.00. The van der Waals surface area contributed by atoms with Crippen molar-refractivity contribution in [1.82, 2.24) is 0 Å². The van der Waals surface area contributed by atoms with Gasteiger partial charge in [-0.3, -0.25) is 4.79 Å². The van der Waals surface area contributed by atoms with Crippen molar-refractivity contribution in [3.8, 4) is 0 Å². The van der Waals surface area contributed by atoms with Crippen LogP contribution >= 0.6 is 0 Å². The van der Waals surface area contributed by atoms with Gasteiger partial charge in [0, 0.05) is 12.7 Å². The molecule has 0 fully saturated rings. The molecule has 0 spiro atoms. The van der Waals surface area contributed by atoms with Gasteiger partial charge in [0.25, 0.3) is 0 Å². The van der Waals surface area contributed by atoms with Crippen molar-refractivity contribution >= 4 is 25.8 Å². The summed E-state index contributed by atoms with van der Waals surface area (Å²) in [7, 11) is -0.528. The lowest BCUT2D eigenvalue weighted by atomic mass is 10.2. The summed E-state index contributed by atoms with van der Waals surface area (Å²) in [6.07, 6.45) is 0. The Balaban J connectivity index is 2.65. The number of benzene rings is 1. The normalized spacial score (nSPS) is 12.4. The van der Waals surface area contributed by atoms with E-state index in [1.165, 1.54) is 0 Å². The van der Waals surface area contributed by atoms with Gasteiger partial charge in [-0.2, -0.15) is 0 Å². The van der Waals surface area contributed by atoms with E-state index < -0.39 is 9.45 Å². The molecule has 0 saturated heterocycles. The van der Waals surface area contributed by atoms with E-state index in [2.05, 4.69) is 0 Å². The lowest BCUT2D eigenvalue weighted by Gasteiger charge is -1.99. The molecule has 1 unspecified atom stereocenters. The van der Waals surface area contributed by atoms with Crippen LogP contribution in [0.5, 0.6) is 0 Å². The molecule has 0 amide bonds. The first-order valence-electron chi connectivity index (χ1n) is 3.63.